The molecule has 0 bridgehead atoms. The third-order valence-corrected chi connectivity index (χ3v) is 5.60. The molecule has 0 saturated carbocycles. The highest BCUT2D eigenvalue weighted by atomic mass is 19.4. The Morgan fingerprint density at radius 1 is 1.11 bits per heavy atom. The molecule has 1 aromatic carbocycles. The summed E-state index contributed by atoms with van der Waals surface area (Å²) in [4.78, 5) is 35.3. The molecule has 1 aliphatic heterocycles. The minimum Gasteiger partial charge on any atom is -0.430 e. The molecule has 2 aromatic rings. The molecule has 1 amide bonds. The van der Waals surface area contributed by atoms with Gasteiger partial charge in [0.1, 0.15) is 0 Å². The highest BCUT2D eigenvalue weighted by Crippen LogP contribution is 2.39. The zero-order chi connectivity index (χ0) is 27.5. The summed E-state index contributed by atoms with van der Waals surface area (Å²) in [5.74, 6) is -0.563. The Hall–Kier alpha value is -3.51. The zero-order valence-corrected chi connectivity index (χ0v) is 20.2. The fraction of sp³-hybridized carbons (Fsp3) is 0.458. The van der Waals surface area contributed by atoms with Crippen molar-refractivity contribution < 1.29 is 45.5 Å². The number of fused-ring (bicyclic) bond motifs is 1. The first-order valence-electron chi connectivity index (χ1n) is 11.3. The van der Waals surface area contributed by atoms with Crippen molar-refractivity contribution in [2.24, 2.45) is 0 Å². The quantitative estimate of drug-likeness (QED) is 0.333. The van der Waals surface area contributed by atoms with Crippen molar-refractivity contribution >= 4 is 17.7 Å². The van der Waals surface area contributed by atoms with Crippen molar-refractivity contribution in [2.75, 3.05) is 11.6 Å². The second-order valence-electron chi connectivity index (χ2n) is 8.76. The minimum absolute atomic E-state index is 0.0414. The van der Waals surface area contributed by atoms with Crippen LogP contribution in [0.25, 0.3) is 0 Å². The number of hydrogen-bond acceptors (Lipinski definition) is 6. The van der Waals surface area contributed by atoms with Crippen molar-refractivity contribution in [2.45, 2.75) is 64.7 Å². The maximum Gasteiger partial charge on any atom is 0.533 e. The van der Waals surface area contributed by atoms with E-state index in [1.165, 1.54) is 29.3 Å². The fourth-order valence-corrected chi connectivity index (χ4v) is 4.06. The van der Waals surface area contributed by atoms with E-state index in [0.29, 0.717) is 36.2 Å². The van der Waals surface area contributed by atoms with E-state index in [1.54, 1.807) is 19.9 Å². The summed E-state index contributed by atoms with van der Waals surface area (Å²) in [7, 11) is 0. The van der Waals surface area contributed by atoms with E-state index in [-0.39, 0.29) is 18.2 Å². The monoisotopic (exact) mass is 533 g/mol. The Morgan fingerprint density at radius 2 is 1.73 bits per heavy atom. The van der Waals surface area contributed by atoms with Gasteiger partial charge in [0.25, 0.3) is 0 Å². The molecule has 1 atom stereocenters. The molecule has 37 heavy (non-hydrogen) atoms. The van der Waals surface area contributed by atoms with Gasteiger partial charge in [0.05, 0.1) is 41.7 Å². The zero-order valence-electron chi connectivity index (χ0n) is 20.2. The third kappa shape index (κ3) is 7.04. The Bertz CT molecular complexity index is 1100. The van der Waals surface area contributed by atoms with Crippen molar-refractivity contribution in [3.8, 4) is 0 Å². The van der Waals surface area contributed by atoms with E-state index in [0.717, 1.165) is 0 Å². The van der Waals surface area contributed by atoms with E-state index >= 15 is 0 Å². The van der Waals surface area contributed by atoms with Gasteiger partial charge in [-0.1, -0.05) is 0 Å². The van der Waals surface area contributed by atoms with Crippen LogP contribution in [0.4, 0.5) is 36.8 Å². The average Bonchev–Trinajstić information content (AvgIpc) is 2.95. The molecule has 2 heterocycles. The molecule has 202 valence electrons. The molecule has 7 nitrogen and oxygen atoms in total. The van der Waals surface area contributed by atoms with Gasteiger partial charge in [0.15, 0.2) is 0 Å². The van der Waals surface area contributed by atoms with Crippen LogP contribution < -0.4 is 5.06 Å². The smallest absolute Gasteiger partial charge is 0.430 e. The molecule has 0 saturated heterocycles. The number of hydrogen-bond donors (Lipinski definition) is 0. The van der Waals surface area contributed by atoms with Gasteiger partial charge in [-0.15, -0.1) is 0 Å². The standard InChI is InChI=1S/C24H25F6N3O4/c1-14(2)36-22(35)37-33-8-4-5-20(19-6-7-31-12-21(19)33)32(15(3)34)13-16-9-17(23(25,26)27)11-18(10-16)24(28,29)30/h6-7,9-12,14,20H,4-5,8,13H2,1-3H3. The van der Waals surface area contributed by atoms with E-state index in [4.69, 9.17) is 9.57 Å². The van der Waals surface area contributed by atoms with Crippen LogP contribution in [0, 0.1) is 0 Å². The summed E-state index contributed by atoms with van der Waals surface area (Å²) in [5.41, 5.74) is -2.48. The minimum atomic E-state index is -5.01. The maximum absolute atomic E-state index is 13.4. The number of anilines is 1. The van der Waals surface area contributed by atoms with Crippen LogP contribution in [0.3, 0.4) is 0 Å². The Kier molecular flexibility index (Phi) is 8.23. The van der Waals surface area contributed by atoms with Crippen molar-refractivity contribution in [3.63, 3.8) is 0 Å². The number of hydroxylamine groups is 1. The number of amides is 1. The molecular formula is C24H25F6N3O4. The van der Waals surface area contributed by atoms with Crippen LogP contribution in [0.1, 0.15) is 61.9 Å². The summed E-state index contributed by atoms with van der Waals surface area (Å²) in [5, 5.41) is 1.25. The second kappa shape index (κ2) is 10.9. The highest BCUT2D eigenvalue weighted by molar-refractivity contribution is 5.74. The largest absolute Gasteiger partial charge is 0.533 e. The molecule has 0 aliphatic carbocycles. The number of pyridine rings is 1. The lowest BCUT2D eigenvalue weighted by Crippen LogP contribution is -2.33. The van der Waals surface area contributed by atoms with Crippen LogP contribution >= 0.6 is 0 Å². The second-order valence-corrected chi connectivity index (χ2v) is 8.76. The van der Waals surface area contributed by atoms with E-state index in [9.17, 15) is 35.9 Å². The van der Waals surface area contributed by atoms with Gasteiger partial charge in [-0.3, -0.25) is 9.78 Å². The van der Waals surface area contributed by atoms with Gasteiger partial charge in [-0.2, -0.15) is 26.3 Å². The molecular weight excluding hydrogens is 508 g/mol. The predicted octanol–water partition coefficient (Wildman–Crippen LogP) is 6.29. The first kappa shape index (κ1) is 28.1. The summed E-state index contributed by atoms with van der Waals surface area (Å²) < 4.78 is 85.1. The number of benzene rings is 1. The number of halogens is 6. The number of nitrogens with zero attached hydrogens (tertiary/aromatic N) is 3. The Balaban J connectivity index is 2.00. The van der Waals surface area contributed by atoms with Crippen LogP contribution in [0.2, 0.25) is 0 Å². The molecule has 3 rings (SSSR count). The number of aromatic nitrogens is 1. The SMILES string of the molecule is CC(=O)N(Cc1cc(C(F)(F)F)cc(C(F)(F)F)c1)C1CCCN(OC(=O)OC(C)C)c2cnccc21. The first-order valence-corrected chi connectivity index (χ1v) is 11.3. The third-order valence-electron chi connectivity index (χ3n) is 5.60. The predicted molar refractivity (Wildman–Crippen MR) is 119 cm³/mol. The normalized spacial score (nSPS) is 16.2. The van der Waals surface area contributed by atoms with Gasteiger partial charge in [0, 0.05) is 25.2 Å². The molecule has 1 aromatic heterocycles. The molecule has 0 N–H and O–H groups in total. The number of carbonyl (C=O) groups is 2. The summed E-state index contributed by atoms with van der Waals surface area (Å²) >= 11 is 0. The van der Waals surface area contributed by atoms with Crippen molar-refractivity contribution in [1.82, 2.24) is 9.88 Å². The summed E-state index contributed by atoms with van der Waals surface area (Å²) in [6.07, 6.45) is -7.96. The van der Waals surface area contributed by atoms with E-state index < -0.39 is 54.2 Å². The van der Waals surface area contributed by atoms with Crippen LogP contribution in [0.15, 0.2) is 36.7 Å². The molecule has 1 unspecified atom stereocenters. The van der Waals surface area contributed by atoms with Gasteiger partial charge in [-0.05, 0) is 56.5 Å². The lowest BCUT2D eigenvalue weighted by atomic mass is 9.99. The topological polar surface area (TPSA) is 72.0 Å². The van der Waals surface area contributed by atoms with Crippen molar-refractivity contribution in [1.29, 1.82) is 0 Å². The summed E-state index contributed by atoms with van der Waals surface area (Å²) in [6.45, 7) is 4.13. The van der Waals surface area contributed by atoms with Gasteiger partial charge < -0.3 is 14.5 Å². The molecule has 0 radical (unpaired) electrons. The van der Waals surface area contributed by atoms with Crippen molar-refractivity contribution in [3.05, 3.63) is 58.9 Å². The van der Waals surface area contributed by atoms with Gasteiger partial charge >= 0.3 is 18.5 Å². The Labute approximate surface area is 208 Å². The van der Waals surface area contributed by atoms with Crippen LogP contribution in [-0.4, -0.2) is 34.6 Å². The highest BCUT2D eigenvalue weighted by Gasteiger charge is 2.38. The first-order chi connectivity index (χ1) is 17.2. The van der Waals surface area contributed by atoms with Gasteiger partial charge in [0.2, 0.25) is 5.91 Å². The Morgan fingerprint density at radius 3 is 2.27 bits per heavy atom. The lowest BCUT2D eigenvalue weighted by Gasteiger charge is -2.32. The van der Waals surface area contributed by atoms with Crippen LogP contribution in [-0.2, 0) is 33.3 Å². The number of rotatable bonds is 5. The number of carbonyl (C=O) groups excluding carboxylic acids is 2. The average molecular weight is 533 g/mol. The molecule has 1 aliphatic rings. The van der Waals surface area contributed by atoms with Gasteiger partial charge in [-0.25, -0.2) is 9.86 Å². The summed E-state index contributed by atoms with van der Waals surface area (Å²) in [6, 6.07) is 2.06. The number of alkyl halides is 6. The molecule has 0 spiro atoms. The lowest BCUT2D eigenvalue weighted by molar-refractivity contribution is -0.143. The molecule has 13 heteroatoms. The molecule has 0 fully saturated rings. The van der Waals surface area contributed by atoms with Crippen LogP contribution in [0.5, 0.6) is 0 Å². The van der Waals surface area contributed by atoms with E-state index in [1.807, 2.05) is 0 Å². The number of ether oxygens (including phenoxy) is 1. The van der Waals surface area contributed by atoms with E-state index in [2.05, 4.69) is 4.98 Å². The fourth-order valence-electron chi connectivity index (χ4n) is 4.06. The maximum atomic E-state index is 13.4.